The molecule has 2 saturated heterocycles. The molecule has 1 aromatic rings. The average Bonchev–Trinajstić information content (AvgIpc) is 3.16. The largest absolute Gasteiger partial charge is 0.425 e. The first-order chi connectivity index (χ1) is 10.7. The molecule has 2 aliphatic rings. The molecule has 6 nitrogen and oxygen atoms in total. The minimum atomic E-state index is 0.201. The van der Waals surface area contributed by atoms with Crippen molar-refractivity contribution in [3.63, 3.8) is 0 Å². The molecule has 1 amide bonds. The Bertz CT molecular complexity index is 508. The van der Waals surface area contributed by atoms with Crippen LogP contribution in [0.4, 0.5) is 0 Å². The van der Waals surface area contributed by atoms with E-state index in [0.717, 1.165) is 70.1 Å². The molecule has 0 aromatic carbocycles. The highest BCUT2D eigenvalue weighted by Crippen LogP contribution is 2.30. The second-order valence-corrected chi connectivity index (χ2v) is 6.50. The Labute approximate surface area is 131 Å². The SMILES string of the molecule is CCCc1nnc([C@H]2CCN(C3CCN(C(C)=O)CC3)C2)o1. The van der Waals surface area contributed by atoms with Crippen molar-refractivity contribution in [2.75, 3.05) is 26.2 Å². The van der Waals surface area contributed by atoms with E-state index in [-0.39, 0.29) is 5.91 Å². The normalized spacial score (nSPS) is 24.1. The molecule has 1 atom stereocenters. The van der Waals surface area contributed by atoms with Gasteiger partial charge in [0.25, 0.3) is 0 Å². The molecule has 0 spiro atoms. The lowest BCUT2D eigenvalue weighted by Gasteiger charge is -2.36. The van der Waals surface area contributed by atoms with Crippen molar-refractivity contribution in [2.45, 2.75) is 57.9 Å². The van der Waals surface area contributed by atoms with Crippen LogP contribution in [0.5, 0.6) is 0 Å². The number of hydrogen-bond acceptors (Lipinski definition) is 5. The molecule has 0 N–H and O–H groups in total. The Morgan fingerprint density at radius 2 is 2.00 bits per heavy atom. The van der Waals surface area contributed by atoms with Crippen LogP contribution in [0.15, 0.2) is 4.42 Å². The van der Waals surface area contributed by atoms with Crippen LogP contribution in [0.2, 0.25) is 0 Å². The minimum Gasteiger partial charge on any atom is -0.425 e. The number of piperidine rings is 1. The fourth-order valence-electron chi connectivity index (χ4n) is 3.61. The van der Waals surface area contributed by atoms with E-state index in [2.05, 4.69) is 22.0 Å². The lowest BCUT2D eigenvalue weighted by Crippen LogP contribution is -2.45. The van der Waals surface area contributed by atoms with Gasteiger partial charge in [0.05, 0.1) is 5.92 Å². The lowest BCUT2D eigenvalue weighted by atomic mass is 10.0. The summed E-state index contributed by atoms with van der Waals surface area (Å²) >= 11 is 0. The molecule has 2 fully saturated rings. The van der Waals surface area contributed by atoms with Crippen molar-refractivity contribution in [1.82, 2.24) is 20.0 Å². The number of hydrogen-bond donors (Lipinski definition) is 0. The van der Waals surface area contributed by atoms with Gasteiger partial charge in [0.15, 0.2) is 0 Å². The zero-order chi connectivity index (χ0) is 15.5. The van der Waals surface area contributed by atoms with Gasteiger partial charge in [-0.15, -0.1) is 10.2 Å². The number of likely N-dealkylation sites (tertiary alicyclic amines) is 2. The highest BCUT2D eigenvalue weighted by atomic mass is 16.4. The van der Waals surface area contributed by atoms with E-state index >= 15 is 0 Å². The van der Waals surface area contributed by atoms with Gasteiger partial charge in [0.2, 0.25) is 17.7 Å². The third kappa shape index (κ3) is 3.32. The molecule has 122 valence electrons. The lowest BCUT2D eigenvalue weighted by molar-refractivity contribution is -0.130. The maximum absolute atomic E-state index is 11.4. The molecular weight excluding hydrogens is 280 g/mol. The molecule has 1 aromatic heterocycles. The molecule has 3 rings (SSSR count). The Kier molecular flexibility index (Phi) is 4.76. The molecule has 0 unspecified atom stereocenters. The van der Waals surface area contributed by atoms with Crippen molar-refractivity contribution in [3.05, 3.63) is 11.8 Å². The van der Waals surface area contributed by atoms with Crippen molar-refractivity contribution in [3.8, 4) is 0 Å². The van der Waals surface area contributed by atoms with Gasteiger partial charge in [-0.2, -0.15) is 0 Å². The van der Waals surface area contributed by atoms with Crippen LogP contribution in [-0.4, -0.2) is 58.1 Å². The Morgan fingerprint density at radius 3 is 2.68 bits per heavy atom. The number of carbonyl (C=O) groups excluding carboxylic acids is 1. The number of rotatable bonds is 4. The van der Waals surface area contributed by atoms with Gasteiger partial charge in [-0.3, -0.25) is 9.69 Å². The summed E-state index contributed by atoms with van der Waals surface area (Å²) in [7, 11) is 0. The monoisotopic (exact) mass is 306 g/mol. The Morgan fingerprint density at radius 1 is 1.23 bits per heavy atom. The number of amides is 1. The van der Waals surface area contributed by atoms with E-state index in [4.69, 9.17) is 4.42 Å². The summed E-state index contributed by atoms with van der Waals surface area (Å²) in [4.78, 5) is 15.9. The zero-order valence-electron chi connectivity index (χ0n) is 13.6. The zero-order valence-corrected chi connectivity index (χ0v) is 13.6. The van der Waals surface area contributed by atoms with E-state index in [9.17, 15) is 4.79 Å². The van der Waals surface area contributed by atoms with Gasteiger partial charge >= 0.3 is 0 Å². The second kappa shape index (κ2) is 6.77. The van der Waals surface area contributed by atoms with Crippen LogP contribution < -0.4 is 0 Å². The van der Waals surface area contributed by atoms with Crippen molar-refractivity contribution in [1.29, 1.82) is 0 Å². The molecule has 3 heterocycles. The van der Waals surface area contributed by atoms with Crippen LogP contribution in [0.1, 0.15) is 57.2 Å². The number of nitrogens with zero attached hydrogens (tertiary/aromatic N) is 4. The van der Waals surface area contributed by atoms with Gasteiger partial charge < -0.3 is 9.32 Å². The summed E-state index contributed by atoms with van der Waals surface area (Å²) in [6.45, 7) is 7.67. The summed E-state index contributed by atoms with van der Waals surface area (Å²) in [5.41, 5.74) is 0. The molecule has 0 bridgehead atoms. The molecule has 0 saturated carbocycles. The van der Waals surface area contributed by atoms with Crippen molar-refractivity contribution < 1.29 is 9.21 Å². The van der Waals surface area contributed by atoms with Gasteiger partial charge in [-0.1, -0.05) is 6.92 Å². The van der Waals surface area contributed by atoms with Crippen LogP contribution in [0.25, 0.3) is 0 Å². The number of aromatic nitrogens is 2. The summed E-state index contributed by atoms with van der Waals surface area (Å²) in [5.74, 6) is 2.16. The van der Waals surface area contributed by atoms with Crippen LogP contribution >= 0.6 is 0 Å². The molecule has 0 radical (unpaired) electrons. The van der Waals surface area contributed by atoms with E-state index in [1.165, 1.54) is 0 Å². The summed E-state index contributed by atoms with van der Waals surface area (Å²) < 4.78 is 5.79. The number of carbonyl (C=O) groups is 1. The van der Waals surface area contributed by atoms with Crippen LogP contribution in [0.3, 0.4) is 0 Å². The third-order valence-corrected chi connectivity index (χ3v) is 4.94. The van der Waals surface area contributed by atoms with Gasteiger partial charge in [-0.25, -0.2) is 0 Å². The van der Waals surface area contributed by atoms with Gasteiger partial charge in [-0.05, 0) is 32.2 Å². The quantitative estimate of drug-likeness (QED) is 0.849. The predicted molar refractivity (Wildman–Crippen MR) is 82.5 cm³/mol. The molecule has 22 heavy (non-hydrogen) atoms. The first-order valence-electron chi connectivity index (χ1n) is 8.49. The number of aryl methyl sites for hydroxylation is 1. The maximum Gasteiger partial charge on any atom is 0.220 e. The predicted octanol–water partition coefficient (Wildman–Crippen LogP) is 1.82. The highest BCUT2D eigenvalue weighted by Gasteiger charge is 2.33. The summed E-state index contributed by atoms with van der Waals surface area (Å²) in [5, 5.41) is 8.37. The standard InChI is InChI=1S/C16H26N4O2/c1-3-4-15-17-18-16(22-15)13-5-8-20(11-13)14-6-9-19(10-7-14)12(2)21/h13-14H,3-11H2,1-2H3/t13-/m0/s1. The third-order valence-electron chi connectivity index (χ3n) is 4.94. The first kappa shape index (κ1) is 15.5. The van der Waals surface area contributed by atoms with E-state index in [0.29, 0.717) is 12.0 Å². The van der Waals surface area contributed by atoms with Crippen molar-refractivity contribution in [2.24, 2.45) is 0 Å². The van der Waals surface area contributed by atoms with E-state index < -0.39 is 0 Å². The maximum atomic E-state index is 11.4. The van der Waals surface area contributed by atoms with Gasteiger partial charge in [0, 0.05) is 39.0 Å². The second-order valence-electron chi connectivity index (χ2n) is 6.50. The fourth-order valence-corrected chi connectivity index (χ4v) is 3.61. The van der Waals surface area contributed by atoms with Crippen LogP contribution in [-0.2, 0) is 11.2 Å². The Balaban J connectivity index is 1.53. The Hall–Kier alpha value is -1.43. The molecule has 2 aliphatic heterocycles. The van der Waals surface area contributed by atoms with Crippen molar-refractivity contribution >= 4 is 5.91 Å². The molecule has 6 heteroatoms. The summed E-state index contributed by atoms with van der Waals surface area (Å²) in [6, 6.07) is 0.596. The topological polar surface area (TPSA) is 62.5 Å². The fraction of sp³-hybridized carbons (Fsp3) is 0.812. The smallest absolute Gasteiger partial charge is 0.220 e. The van der Waals surface area contributed by atoms with E-state index in [1.807, 2.05) is 4.90 Å². The molecule has 0 aliphatic carbocycles. The van der Waals surface area contributed by atoms with E-state index in [1.54, 1.807) is 6.92 Å². The summed E-state index contributed by atoms with van der Waals surface area (Å²) in [6.07, 6.45) is 5.16. The highest BCUT2D eigenvalue weighted by molar-refractivity contribution is 5.73. The van der Waals surface area contributed by atoms with Crippen LogP contribution in [0, 0.1) is 0 Å². The van der Waals surface area contributed by atoms with Gasteiger partial charge in [0.1, 0.15) is 0 Å². The minimum absolute atomic E-state index is 0.201. The molecular formula is C16H26N4O2. The first-order valence-corrected chi connectivity index (χ1v) is 8.49. The average molecular weight is 306 g/mol.